The molecule has 2 heteroatoms. The third kappa shape index (κ3) is 11.6. The van der Waals surface area contributed by atoms with E-state index in [0.29, 0.717) is 6.29 Å². The first kappa shape index (κ1) is 25.2. The zero-order chi connectivity index (χ0) is 21.2. The minimum atomic E-state index is 0.281. The van der Waals surface area contributed by atoms with Crippen LogP contribution in [-0.4, -0.2) is 6.29 Å². The van der Waals surface area contributed by atoms with Gasteiger partial charge in [-0.25, -0.2) is 0 Å². The van der Waals surface area contributed by atoms with Gasteiger partial charge < -0.3 is 0 Å². The molecular formula is C27H41NO. The van der Waals surface area contributed by atoms with Crippen molar-refractivity contribution >= 4 is 11.9 Å². The summed E-state index contributed by atoms with van der Waals surface area (Å²) < 4.78 is 0. The van der Waals surface area contributed by atoms with Crippen LogP contribution in [0.4, 0.5) is 0 Å². The van der Waals surface area contributed by atoms with Crippen molar-refractivity contribution < 1.29 is 4.79 Å². The van der Waals surface area contributed by atoms with Crippen molar-refractivity contribution in [3.05, 3.63) is 41.0 Å². The molecule has 0 spiro atoms. The Morgan fingerprint density at radius 2 is 1.24 bits per heavy atom. The zero-order valence-electron chi connectivity index (χ0n) is 18.8. The summed E-state index contributed by atoms with van der Waals surface area (Å²) in [4.78, 5) is 11.3. The average molecular weight is 396 g/mol. The molecule has 0 fully saturated rings. The van der Waals surface area contributed by atoms with Gasteiger partial charge in [-0.05, 0) is 30.9 Å². The molecule has 0 N–H and O–H groups in total. The molecule has 0 aliphatic heterocycles. The highest BCUT2D eigenvalue weighted by Gasteiger charge is 2.09. The van der Waals surface area contributed by atoms with E-state index in [1.165, 1.54) is 89.0 Å². The minimum Gasteiger partial charge on any atom is -0.297 e. The summed E-state index contributed by atoms with van der Waals surface area (Å²) in [5.41, 5.74) is 3.38. The Morgan fingerprint density at radius 1 is 0.793 bits per heavy atom. The highest BCUT2D eigenvalue weighted by Crippen LogP contribution is 2.25. The van der Waals surface area contributed by atoms with Crippen molar-refractivity contribution in [2.45, 2.75) is 110 Å². The first-order valence-corrected chi connectivity index (χ1v) is 11.9. The van der Waals surface area contributed by atoms with E-state index in [4.69, 9.17) is 0 Å². The third-order valence-electron chi connectivity index (χ3n) is 5.74. The first-order valence-electron chi connectivity index (χ1n) is 11.9. The molecule has 1 aromatic carbocycles. The number of nitrogens with zero attached hydrogens (tertiary/aromatic N) is 1. The molecule has 0 amide bonds. The van der Waals surface area contributed by atoms with Crippen LogP contribution >= 0.6 is 0 Å². The maximum Gasteiger partial charge on any atom is 0.160 e. The predicted molar refractivity (Wildman–Crippen MR) is 125 cm³/mol. The Labute approximate surface area is 179 Å². The summed E-state index contributed by atoms with van der Waals surface area (Å²) in [6.45, 7) is 4.32. The fourth-order valence-electron chi connectivity index (χ4n) is 3.85. The molecule has 0 radical (unpaired) electrons. The number of benzene rings is 1. The summed E-state index contributed by atoms with van der Waals surface area (Å²) in [5.74, 6) is 0. The van der Waals surface area contributed by atoms with E-state index in [1.807, 2.05) is 31.2 Å². The number of carbonyl (C=O) groups excluding carboxylic acids is 1. The van der Waals surface area contributed by atoms with Gasteiger partial charge in [0.15, 0.2) is 6.29 Å². The van der Waals surface area contributed by atoms with E-state index in [9.17, 15) is 10.1 Å². The van der Waals surface area contributed by atoms with Crippen LogP contribution in [0.2, 0.25) is 0 Å². The molecule has 0 aliphatic rings. The van der Waals surface area contributed by atoms with E-state index >= 15 is 0 Å². The lowest BCUT2D eigenvalue weighted by molar-refractivity contribution is -0.104. The maximum atomic E-state index is 11.3. The van der Waals surface area contributed by atoms with Crippen LogP contribution in [0.25, 0.3) is 5.57 Å². The standard InChI is InChI=1S/C27H41NO/c1-3-4-5-6-7-8-9-10-11-12-13-14-15-16-17-27(26(22-28)23-29)25-20-18-24(2)19-21-25/h18-21,23H,3-17H2,1-2H3. The van der Waals surface area contributed by atoms with Gasteiger partial charge in [-0.1, -0.05) is 120 Å². The van der Waals surface area contributed by atoms with E-state index in [2.05, 4.69) is 13.0 Å². The van der Waals surface area contributed by atoms with Gasteiger partial charge in [-0.2, -0.15) is 5.26 Å². The van der Waals surface area contributed by atoms with Gasteiger partial charge in [0, 0.05) is 0 Å². The van der Waals surface area contributed by atoms with Crippen LogP contribution < -0.4 is 0 Å². The van der Waals surface area contributed by atoms with E-state index < -0.39 is 0 Å². The zero-order valence-corrected chi connectivity index (χ0v) is 18.8. The third-order valence-corrected chi connectivity index (χ3v) is 5.74. The number of hydrogen-bond donors (Lipinski definition) is 0. The Bertz CT molecular complexity index is 621. The second-order valence-electron chi connectivity index (χ2n) is 8.33. The van der Waals surface area contributed by atoms with Crippen LogP contribution in [-0.2, 0) is 4.79 Å². The van der Waals surface area contributed by atoms with Crippen LogP contribution in [0.3, 0.4) is 0 Å². The lowest BCUT2D eigenvalue weighted by Gasteiger charge is -2.09. The lowest BCUT2D eigenvalue weighted by atomic mass is 9.94. The summed E-state index contributed by atoms with van der Waals surface area (Å²) in [6.07, 6.45) is 20.2. The van der Waals surface area contributed by atoms with Crippen molar-refractivity contribution in [1.29, 1.82) is 5.26 Å². The fraction of sp³-hybridized carbons (Fsp3) is 0.630. The van der Waals surface area contributed by atoms with Gasteiger partial charge in [-0.3, -0.25) is 4.79 Å². The first-order chi connectivity index (χ1) is 14.2. The number of unbranched alkanes of at least 4 members (excludes halogenated alkanes) is 13. The molecule has 0 bridgehead atoms. The monoisotopic (exact) mass is 395 g/mol. The summed E-state index contributed by atoms with van der Waals surface area (Å²) >= 11 is 0. The van der Waals surface area contributed by atoms with Gasteiger partial charge in [0.25, 0.3) is 0 Å². The number of nitriles is 1. The van der Waals surface area contributed by atoms with Crippen molar-refractivity contribution in [2.75, 3.05) is 0 Å². The van der Waals surface area contributed by atoms with Gasteiger partial charge in [0.2, 0.25) is 0 Å². The lowest BCUT2D eigenvalue weighted by Crippen LogP contribution is -1.93. The maximum absolute atomic E-state index is 11.3. The van der Waals surface area contributed by atoms with Crippen LogP contribution in [0, 0.1) is 18.3 Å². The average Bonchev–Trinajstić information content (AvgIpc) is 2.74. The Balaban J connectivity index is 2.16. The molecule has 0 saturated heterocycles. The van der Waals surface area contributed by atoms with Gasteiger partial charge in [-0.15, -0.1) is 0 Å². The van der Waals surface area contributed by atoms with Crippen LogP contribution in [0.5, 0.6) is 0 Å². The number of aldehydes is 1. The molecule has 0 saturated carbocycles. The molecule has 1 rings (SSSR count). The second kappa shape index (κ2) is 17.0. The van der Waals surface area contributed by atoms with Crippen molar-refractivity contribution in [2.24, 2.45) is 0 Å². The summed E-state index contributed by atoms with van der Waals surface area (Å²) in [5, 5.41) is 9.29. The highest BCUT2D eigenvalue weighted by molar-refractivity contribution is 5.92. The predicted octanol–water partition coefficient (Wildman–Crippen LogP) is 8.34. The second-order valence-corrected chi connectivity index (χ2v) is 8.33. The topological polar surface area (TPSA) is 40.9 Å². The molecule has 1 aromatic rings. The Hall–Kier alpha value is -1.88. The van der Waals surface area contributed by atoms with Crippen molar-refractivity contribution in [3.63, 3.8) is 0 Å². The molecule has 0 unspecified atom stereocenters. The molecule has 2 nitrogen and oxygen atoms in total. The highest BCUT2D eigenvalue weighted by atomic mass is 16.1. The molecule has 0 atom stereocenters. The van der Waals surface area contributed by atoms with E-state index in [1.54, 1.807) is 0 Å². The SMILES string of the molecule is CCCCCCCCCCCCCCCCC(=C(C#N)C=O)c1ccc(C)cc1. The summed E-state index contributed by atoms with van der Waals surface area (Å²) in [6, 6.07) is 10.2. The number of allylic oxidation sites excluding steroid dienone is 2. The van der Waals surface area contributed by atoms with Crippen LogP contribution in [0.15, 0.2) is 29.8 Å². The molecule has 160 valence electrons. The van der Waals surface area contributed by atoms with Crippen molar-refractivity contribution in [1.82, 2.24) is 0 Å². The molecular weight excluding hydrogens is 354 g/mol. The molecule has 0 aliphatic carbocycles. The Morgan fingerprint density at radius 3 is 1.66 bits per heavy atom. The fourth-order valence-corrected chi connectivity index (χ4v) is 3.85. The summed E-state index contributed by atoms with van der Waals surface area (Å²) in [7, 11) is 0. The quantitative estimate of drug-likeness (QED) is 0.115. The Kier molecular flexibility index (Phi) is 14.8. The molecule has 0 aromatic heterocycles. The van der Waals surface area contributed by atoms with E-state index in [0.717, 1.165) is 24.0 Å². The molecule has 0 heterocycles. The minimum absolute atomic E-state index is 0.281. The number of carbonyl (C=O) groups is 1. The normalized spacial score (nSPS) is 11.8. The number of rotatable bonds is 17. The van der Waals surface area contributed by atoms with Crippen molar-refractivity contribution in [3.8, 4) is 6.07 Å². The van der Waals surface area contributed by atoms with Gasteiger partial charge in [0.1, 0.15) is 6.07 Å². The van der Waals surface area contributed by atoms with Gasteiger partial charge in [0.05, 0.1) is 5.57 Å². The largest absolute Gasteiger partial charge is 0.297 e. The van der Waals surface area contributed by atoms with Crippen LogP contribution in [0.1, 0.15) is 114 Å². The van der Waals surface area contributed by atoms with E-state index in [-0.39, 0.29) is 5.57 Å². The van der Waals surface area contributed by atoms with Gasteiger partial charge >= 0.3 is 0 Å². The smallest absolute Gasteiger partial charge is 0.160 e. The number of hydrogen-bond acceptors (Lipinski definition) is 2. The molecule has 29 heavy (non-hydrogen) atoms. The number of aryl methyl sites for hydroxylation is 1.